The molecule has 0 rings (SSSR count). The molecule has 0 aromatic heterocycles. The van der Waals surface area contributed by atoms with Crippen molar-refractivity contribution in [3.8, 4) is 0 Å². The summed E-state index contributed by atoms with van der Waals surface area (Å²) in [5.74, 6) is 1.55. The van der Waals surface area contributed by atoms with E-state index in [1.165, 1.54) is 6.20 Å². The first kappa shape index (κ1) is 13.6. The zero-order chi connectivity index (χ0) is 11.0. The van der Waals surface area contributed by atoms with Gasteiger partial charge in [0, 0.05) is 18.2 Å². The molecule has 0 saturated carbocycles. The SMILES string of the molecule is C=CN=C(C)N(/N=C/C)C(CS)SC. The quantitative estimate of drug-likeness (QED) is 0.259. The van der Waals surface area contributed by atoms with Crippen LogP contribution in [0.1, 0.15) is 13.8 Å². The highest BCUT2D eigenvalue weighted by Gasteiger charge is 2.15. The number of hydrogen-bond acceptors (Lipinski definition) is 4. The molecule has 0 aliphatic carbocycles. The maximum atomic E-state index is 4.27. The molecule has 0 aromatic rings. The predicted molar refractivity (Wildman–Crippen MR) is 70.5 cm³/mol. The van der Waals surface area contributed by atoms with Crippen LogP contribution in [0.4, 0.5) is 0 Å². The van der Waals surface area contributed by atoms with Gasteiger partial charge in [0.2, 0.25) is 0 Å². The van der Waals surface area contributed by atoms with Gasteiger partial charge in [-0.15, -0.1) is 11.8 Å². The fourth-order valence-electron chi connectivity index (χ4n) is 0.934. The smallest absolute Gasteiger partial charge is 0.123 e. The number of rotatable bonds is 5. The first-order valence-electron chi connectivity index (χ1n) is 4.28. The van der Waals surface area contributed by atoms with Gasteiger partial charge in [-0.05, 0) is 20.1 Å². The van der Waals surface area contributed by atoms with E-state index in [1.54, 1.807) is 18.0 Å². The van der Waals surface area contributed by atoms with Crippen molar-refractivity contribution >= 4 is 36.4 Å². The second-order valence-electron chi connectivity index (χ2n) is 2.45. The van der Waals surface area contributed by atoms with Gasteiger partial charge in [-0.25, -0.2) is 10.0 Å². The number of nitrogens with zero attached hydrogens (tertiary/aromatic N) is 3. The van der Waals surface area contributed by atoms with Gasteiger partial charge in [0.25, 0.3) is 0 Å². The molecule has 0 amide bonds. The van der Waals surface area contributed by atoms with Crippen LogP contribution in [0, 0.1) is 0 Å². The Kier molecular flexibility index (Phi) is 7.70. The van der Waals surface area contributed by atoms with Crippen molar-refractivity contribution in [2.75, 3.05) is 12.0 Å². The Morgan fingerprint density at radius 2 is 2.36 bits per heavy atom. The average Bonchev–Trinajstić information content (AvgIpc) is 2.18. The topological polar surface area (TPSA) is 28.0 Å². The molecule has 0 N–H and O–H groups in total. The second kappa shape index (κ2) is 7.94. The van der Waals surface area contributed by atoms with Gasteiger partial charge in [0.1, 0.15) is 11.2 Å². The highest BCUT2D eigenvalue weighted by molar-refractivity contribution is 7.99. The van der Waals surface area contributed by atoms with E-state index in [0.717, 1.165) is 11.6 Å². The fraction of sp³-hybridized carbons (Fsp3) is 0.556. The van der Waals surface area contributed by atoms with Gasteiger partial charge in [-0.1, -0.05) is 6.58 Å². The third kappa shape index (κ3) is 4.19. The van der Waals surface area contributed by atoms with Crippen LogP contribution < -0.4 is 0 Å². The minimum atomic E-state index is 0.207. The molecule has 0 aliphatic heterocycles. The molecule has 0 fully saturated rings. The maximum Gasteiger partial charge on any atom is 0.123 e. The number of aliphatic imine (C=N–C) groups is 1. The van der Waals surface area contributed by atoms with Crippen LogP contribution >= 0.6 is 24.4 Å². The van der Waals surface area contributed by atoms with Gasteiger partial charge in [-0.2, -0.15) is 17.7 Å². The van der Waals surface area contributed by atoms with Crippen molar-refractivity contribution in [1.82, 2.24) is 5.01 Å². The highest BCUT2D eigenvalue weighted by Crippen LogP contribution is 2.15. The Hall–Kier alpha value is -0.420. The van der Waals surface area contributed by atoms with Gasteiger partial charge in [0.05, 0.1) is 0 Å². The van der Waals surface area contributed by atoms with Crippen molar-refractivity contribution in [3.05, 3.63) is 12.8 Å². The van der Waals surface area contributed by atoms with Crippen LogP contribution in [0.2, 0.25) is 0 Å². The number of thioether (sulfide) groups is 1. The van der Waals surface area contributed by atoms with Crippen LogP contribution in [-0.2, 0) is 0 Å². The lowest BCUT2D eigenvalue weighted by Crippen LogP contribution is -2.33. The molecule has 0 bridgehead atoms. The third-order valence-electron chi connectivity index (χ3n) is 1.55. The summed E-state index contributed by atoms with van der Waals surface area (Å²) in [4.78, 5) is 4.11. The molecule has 0 heterocycles. The van der Waals surface area contributed by atoms with Crippen LogP contribution in [0.25, 0.3) is 0 Å². The van der Waals surface area contributed by atoms with Gasteiger partial charge in [0.15, 0.2) is 0 Å². The molecule has 80 valence electrons. The molecule has 5 heteroatoms. The molecule has 3 nitrogen and oxygen atoms in total. The molecule has 0 saturated heterocycles. The first-order valence-corrected chi connectivity index (χ1v) is 6.20. The monoisotopic (exact) mass is 231 g/mol. The number of thiol groups is 1. The van der Waals surface area contributed by atoms with Crippen molar-refractivity contribution < 1.29 is 0 Å². The Morgan fingerprint density at radius 1 is 1.71 bits per heavy atom. The van der Waals surface area contributed by atoms with Gasteiger partial charge < -0.3 is 0 Å². The molecule has 1 unspecified atom stereocenters. The molecule has 0 aromatic carbocycles. The van der Waals surface area contributed by atoms with Crippen LogP contribution in [0.3, 0.4) is 0 Å². The second-order valence-corrected chi connectivity index (χ2v) is 3.83. The van der Waals surface area contributed by atoms with E-state index >= 15 is 0 Å². The standard InChI is InChI=1S/C9H17N3S2/c1-5-10-8(3)12(11-6-2)9(7-13)14-4/h5-6,9,13H,1,7H2,2-4H3/b10-8?,11-6+. The number of hydrazone groups is 1. The summed E-state index contributed by atoms with van der Waals surface area (Å²) >= 11 is 5.97. The van der Waals surface area contributed by atoms with E-state index < -0.39 is 0 Å². The summed E-state index contributed by atoms with van der Waals surface area (Å²) in [6.07, 6.45) is 5.29. The van der Waals surface area contributed by atoms with E-state index in [-0.39, 0.29) is 5.37 Å². The van der Waals surface area contributed by atoms with E-state index in [9.17, 15) is 0 Å². The maximum absolute atomic E-state index is 4.27. The van der Waals surface area contributed by atoms with E-state index in [0.29, 0.717) is 0 Å². The Labute approximate surface area is 95.8 Å². The largest absolute Gasteiger partial charge is 0.243 e. The minimum absolute atomic E-state index is 0.207. The zero-order valence-corrected chi connectivity index (χ0v) is 10.6. The predicted octanol–water partition coefficient (Wildman–Crippen LogP) is 2.47. The summed E-state index contributed by atoms with van der Waals surface area (Å²) in [7, 11) is 0. The van der Waals surface area contributed by atoms with Gasteiger partial charge >= 0.3 is 0 Å². The number of hydrogen-bond donors (Lipinski definition) is 1. The molecule has 0 radical (unpaired) electrons. The first-order chi connectivity index (χ1) is 6.71. The van der Waals surface area contributed by atoms with E-state index in [1.807, 2.05) is 25.1 Å². The normalized spacial score (nSPS) is 14.4. The lowest BCUT2D eigenvalue weighted by molar-refractivity contribution is 0.443. The zero-order valence-electron chi connectivity index (χ0n) is 8.84. The molecule has 1 atom stereocenters. The van der Waals surface area contributed by atoms with Crippen LogP contribution in [-0.4, -0.2) is 34.4 Å². The summed E-state index contributed by atoms with van der Waals surface area (Å²) in [5, 5.41) is 6.30. The lowest BCUT2D eigenvalue weighted by Gasteiger charge is -2.25. The highest BCUT2D eigenvalue weighted by atomic mass is 32.2. The molecule has 0 spiro atoms. The van der Waals surface area contributed by atoms with Crippen LogP contribution in [0.15, 0.2) is 22.9 Å². The Morgan fingerprint density at radius 3 is 2.71 bits per heavy atom. The van der Waals surface area contributed by atoms with Crippen molar-refractivity contribution in [2.45, 2.75) is 19.2 Å². The number of amidine groups is 1. The average molecular weight is 231 g/mol. The Bertz CT molecular complexity index is 222. The van der Waals surface area contributed by atoms with Gasteiger partial charge in [-0.3, -0.25) is 0 Å². The summed E-state index contributed by atoms with van der Waals surface area (Å²) in [6.45, 7) is 7.35. The fourth-order valence-corrected chi connectivity index (χ4v) is 2.09. The van der Waals surface area contributed by atoms with E-state index in [2.05, 4.69) is 29.3 Å². The summed E-state index contributed by atoms with van der Waals surface area (Å²) < 4.78 is 0. The third-order valence-corrected chi connectivity index (χ3v) is 3.05. The molecular formula is C9H17N3S2. The Balaban J connectivity index is 4.72. The van der Waals surface area contributed by atoms with E-state index in [4.69, 9.17) is 0 Å². The van der Waals surface area contributed by atoms with Crippen molar-refractivity contribution in [3.63, 3.8) is 0 Å². The minimum Gasteiger partial charge on any atom is -0.243 e. The molecule has 0 aliphatic rings. The van der Waals surface area contributed by atoms with Crippen LogP contribution in [0.5, 0.6) is 0 Å². The lowest BCUT2D eigenvalue weighted by atomic mass is 10.5. The van der Waals surface area contributed by atoms with Crippen molar-refractivity contribution in [2.24, 2.45) is 10.1 Å². The summed E-state index contributed by atoms with van der Waals surface area (Å²) in [5.41, 5.74) is 0. The summed E-state index contributed by atoms with van der Waals surface area (Å²) in [6, 6.07) is 0. The molecular weight excluding hydrogens is 214 g/mol. The molecule has 14 heavy (non-hydrogen) atoms. The van der Waals surface area contributed by atoms with Crippen molar-refractivity contribution in [1.29, 1.82) is 0 Å².